The molecule has 1 aliphatic heterocycles. The fourth-order valence-corrected chi connectivity index (χ4v) is 4.28. The molecule has 1 amide bonds. The lowest BCUT2D eigenvalue weighted by Gasteiger charge is -2.33. The van der Waals surface area contributed by atoms with Gasteiger partial charge in [0.25, 0.3) is 5.91 Å². The third-order valence-corrected chi connectivity index (χ3v) is 5.92. The number of aromatic nitrogens is 3. The smallest absolute Gasteiger partial charge is 0.254 e. The Balaban J connectivity index is 1.71. The number of halogens is 1. The Bertz CT molecular complexity index is 1140. The highest BCUT2D eigenvalue weighted by atomic mass is 19.1. The highest BCUT2D eigenvalue weighted by Gasteiger charge is 2.34. The highest BCUT2D eigenvalue weighted by molar-refractivity contribution is 5.96. The number of hydrogen-bond donors (Lipinski definition) is 0. The van der Waals surface area contributed by atoms with Crippen LogP contribution in [-0.4, -0.2) is 39.2 Å². The van der Waals surface area contributed by atoms with Gasteiger partial charge >= 0.3 is 0 Å². The second kappa shape index (κ2) is 7.55. The van der Waals surface area contributed by atoms with Crippen molar-refractivity contribution in [3.8, 4) is 17.1 Å². The molecule has 30 heavy (non-hydrogen) atoms. The van der Waals surface area contributed by atoms with Crippen LogP contribution in [0.15, 0.2) is 30.5 Å². The Kier molecular flexibility index (Phi) is 5.05. The Morgan fingerprint density at radius 3 is 2.73 bits per heavy atom. The lowest BCUT2D eigenvalue weighted by Crippen LogP contribution is -2.39. The number of methoxy groups -OCH3 is 1. The van der Waals surface area contributed by atoms with Gasteiger partial charge in [-0.25, -0.2) is 9.37 Å². The zero-order valence-electron chi connectivity index (χ0n) is 17.9. The van der Waals surface area contributed by atoms with Crippen LogP contribution in [0.3, 0.4) is 0 Å². The summed E-state index contributed by atoms with van der Waals surface area (Å²) in [6.07, 6.45) is 2.28. The van der Waals surface area contributed by atoms with Crippen LogP contribution in [0.5, 0.6) is 5.88 Å². The third kappa shape index (κ3) is 3.14. The molecule has 3 heterocycles. The maximum Gasteiger partial charge on any atom is 0.254 e. The maximum atomic E-state index is 13.8. The molecule has 1 aliphatic rings. The van der Waals surface area contributed by atoms with Gasteiger partial charge in [-0.05, 0) is 57.0 Å². The number of aryl methyl sites for hydroxylation is 2. The molecule has 1 atom stereocenters. The van der Waals surface area contributed by atoms with E-state index < -0.39 is 0 Å². The number of benzene rings is 1. The Morgan fingerprint density at radius 2 is 2.03 bits per heavy atom. The molecule has 156 valence electrons. The monoisotopic (exact) mass is 408 g/mol. The van der Waals surface area contributed by atoms with Gasteiger partial charge in [-0.15, -0.1) is 0 Å². The predicted molar refractivity (Wildman–Crippen MR) is 112 cm³/mol. The van der Waals surface area contributed by atoms with E-state index in [1.807, 2.05) is 36.5 Å². The quantitative estimate of drug-likeness (QED) is 0.657. The Morgan fingerprint density at radius 1 is 1.27 bits per heavy atom. The van der Waals surface area contributed by atoms with Gasteiger partial charge in [0, 0.05) is 42.0 Å². The molecule has 0 bridgehead atoms. The van der Waals surface area contributed by atoms with Gasteiger partial charge in [0.1, 0.15) is 5.82 Å². The molecular formula is C23H25FN4O2. The lowest BCUT2D eigenvalue weighted by molar-refractivity contribution is 0.0672. The number of carbonyl (C=O) groups is 1. The summed E-state index contributed by atoms with van der Waals surface area (Å²) in [5.41, 5.74) is 5.83. The summed E-state index contributed by atoms with van der Waals surface area (Å²) < 4.78 is 20.9. The molecule has 4 rings (SSSR count). The predicted octanol–water partition coefficient (Wildman–Crippen LogP) is 4.01. The number of amides is 1. The van der Waals surface area contributed by atoms with E-state index >= 15 is 0 Å². The van der Waals surface area contributed by atoms with Gasteiger partial charge in [-0.1, -0.05) is 0 Å². The van der Waals surface area contributed by atoms with E-state index in [0.717, 1.165) is 28.1 Å². The molecule has 0 saturated heterocycles. The SMILES string of the molecule is COc1nccc(C(=O)N2CCc3c(nn(C)c3-c3ccc(F)c(C)c3)[C@@H]2C)c1C. The van der Waals surface area contributed by atoms with Gasteiger partial charge in [0.05, 0.1) is 24.5 Å². The van der Waals surface area contributed by atoms with Crippen molar-refractivity contribution >= 4 is 5.91 Å². The largest absolute Gasteiger partial charge is 0.481 e. The molecule has 1 aromatic carbocycles. The van der Waals surface area contributed by atoms with E-state index in [4.69, 9.17) is 9.84 Å². The van der Waals surface area contributed by atoms with Crippen molar-refractivity contribution in [3.63, 3.8) is 0 Å². The van der Waals surface area contributed by atoms with Crippen molar-refractivity contribution in [3.05, 3.63) is 64.2 Å². The Hall–Kier alpha value is -3.22. The van der Waals surface area contributed by atoms with E-state index in [0.29, 0.717) is 30.0 Å². The van der Waals surface area contributed by atoms with Crippen LogP contribution in [-0.2, 0) is 13.5 Å². The van der Waals surface area contributed by atoms with Crippen molar-refractivity contribution in [1.82, 2.24) is 19.7 Å². The van der Waals surface area contributed by atoms with Crippen LogP contribution < -0.4 is 4.74 Å². The van der Waals surface area contributed by atoms with Crippen molar-refractivity contribution in [2.45, 2.75) is 33.2 Å². The second-order valence-electron chi connectivity index (χ2n) is 7.72. The third-order valence-electron chi connectivity index (χ3n) is 5.92. The van der Waals surface area contributed by atoms with Crippen LogP contribution in [0.25, 0.3) is 11.3 Å². The second-order valence-corrected chi connectivity index (χ2v) is 7.72. The first kappa shape index (κ1) is 20.1. The number of pyridine rings is 1. The summed E-state index contributed by atoms with van der Waals surface area (Å²) in [5.74, 6) is 0.178. The van der Waals surface area contributed by atoms with Crippen LogP contribution in [0, 0.1) is 19.7 Å². The van der Waals surface area contributed by atoms with Crippen LogP contribution in [0.2, 0.25) is 0 Å². The Labute approximate surface area is 175 Å². The zero-order valence-corrected chi connectivity index (χ0v) is 17.9. The van der Waals surface area contributed by atoms with Gasteiger partial charge in [0.15, 0.2) is 0 Å². The summed E-state index contributed by atoms with van der Waals surface area (Å²) in [7, 11) is 3.44. The molecule has 0 aliphatic carbocycles. The van der Waals surface area contributed by atoms with Crippen LogP contribution in [0.4, 0.5) is 4.39 Å². The van der Waals surface area contributed by atoms with Crippen molar-refractivity contribution in [2.24, 2.45) is 7.05 Å². The van der Waals surface area contributed by atoms with Crippen molar-refractivity contribution in [1.29, 1.82) is 0 Å². The highest BCUT2D eigenvalue weighted by Crippen LogP contribution is 2.37. The fraction of sp³-hybridized carbons (Fsp3) is 0.348. The van der Waals surface area contributed by atoms with Crippen molar-refractivity contribution < 1.29 is 13.9 Å². The minimum absolute atomic E-state index is 0.0591. The first-order chi connectivity index (χ1) is 14.3. The van der Waals surface area contributed by atoms with Crippen molar-refractivity contribution in [2.75, 3.05) is 13.7 Å². The number of nitrogens with zero attached hydrogens (tertiary/aromatic N) is 4. The maximum absolute atomic E-state index is 13.8. The number of carbonyl (C=O) groups excluding carboxylic acids is 1. The average Bonchev–Trinajstić information content (AvgIpc) is 3.07. The summed E-state index contributed by atoms with van der Waals surface area (Å²) >= 11 is 0. The van der Waals surface area contributed by atoms with Crippen LogP contribution in [0.1, 0.15) is 45.7 Å². The first-order valence-corrected chi connectivity index (χ1v) is 9.96. The van der Waals surface area contributed by atoms with Gasteiger partial charge in [-0.3, -0.25) is 9.48 Å². The molecule has 0 N–H and O–H groups in total. The minimum atomic E-state index is -0.219. The lowest BCUT2D eigenvalue weighted by atomic mass is 9.94. The molecule has 2 aromatic heterocycles. The minimum Gasteiger partial charge on any atom is -0.481 e. The van der Waals surface area contributed by atoms with E-state index in [2.05, 4.69) is 4.98 Å². The number of hydrogen-bond acceptors (Lipinski definition) is 4. The van der Waals surface area contributed by atoms with E-state index in [1.54, 1.807) is 32.4 Å². The molecule has 7 heteroatoms. The fourth-order valence-electron chi connectivity index (χ4n) is 4.28. The molecule has 0 fully saturated rings. The van der Waals surface area contributed by atoms with Gasteiger partial charge < -0.3 is 9.64 Å². The average molecular weight is 408 g/mol. The van der Waals surface area contributed by atoms with Gasteiger partial charge in [0.2, 0.25) is 5.88 Å². The standard InChI is InChI=1S/C23H25FN4O2/c1-13-12-16(6-7-19(13)24)21-18-9-11-28(15(3)20(18)26-27(21)4)23(29)17-8-10-25-22(30-5)14(17)2/h6-8,10,12,15H,9,11H2,1-5H3/t15-/m0/s1. The summed E-state index contributed by atoms with van der Waals surface area (Å²) in [6.45, 7) is 6.18. The number of rotatable bonds is 3. The summed E-state index contributed by atoms with van der Waals surface area (Å²) in [5, 5.41) is 4.74. The molecule has 0 saturated carbocycles. The summed E-state index contributed by atoms with van der Waals surface area (Å²) in [6, 6.07) is 6.68. The molecule has 6 nitrogen and oxygen atoms in total. The molecule has 0 radical (unpaired) electrons. The normalized spacial score (nSPS) is 15.8. The molecule has 0 unspecified atom stereocenters. The molecule has 3 aromatic rings. The van der Waals surface area contributed by atoms with E-state index in [9.17, 15) is 9.18 Å². The summed E-state index contributed by atoms with van der Waals surface area (Å²) in [4.78, 5) is 19.3. The molecule has 0 spiro atoms. The van der Waals surface area contributed by atoms with E-state index in [1.165, 1.54) is 6.07 Å². The van der Waals surface area contributed by atoms with E-state index in [-0.39, 0.29) is 17.8 Å². The molecular weight excluding hydrogens is 383 g/mol. The number of ether oxygens (including phenoxy) is 1. The topological polar surface area (TPSA) is 60.2 Å². The van der Waals surface area contributed by atoms with Crippen LogP contribution >= 0.6 is 0 Å². The van der Waals surface area contributed by atoms with Gasteiger partial charge in [-0.2, -0.15) is 5.10 Å². The zero-order chi connectivity index (χ0) is 21.6. The number of fused-ring (bicyclic) bond motifs is 1. The first-order valence-electron chi connectivity index (χ1n) is 9.96.